The molecule has 0 saturated carbocycles. The van der Waals surface area contributed by atoms with E-state index in [1.54, 1.807) is 0 Å². The van der Waals surface area contributed by atoms with E-state index in [-0.39, 0.29) is 5.82 Å². The van der Waals surface area contributed by atoms with Crippen molar-refractivity contribution >= 4 is 21.9 Å². The first-order valence-corrected chi connectivity index (χ1v) is 5.27. The predicted octanol–water partition coefficient (Wildman–Crippen LogP) is 2.60. The molecule has 5 heteroatoms. The quantitative estimate of drug-likeness (QED) is 0.917. The van der Waals surface area contributed by atoms with Crippen LogP contribution in [0.3, 0.4) is 0 Å². The zero-order valence-corrected chi connectivity index (χ0v) is 9.68. The van der Waals surface area contributed by atoms with Gasteiger partial charge in [-0.1, -0.05) is 28.1 Å². The Balaban J connectivity index is 2.34. The van der Waals surface area contributed by atoms with Crippen LogP contribution >= 0.6 is 15.9 Å². The van der Waals surface area contributed by atoms with Crippen LogP contribution in [0, 0.1) is 0 Å². The first-order chi connectivity index (χ1) is 7.66. The van der Waals surface area contributed by atoms with Crippen molar-refractivity contribution in [3.63, 3.8) is 0 Å². The molecule has 0 radical (unpaired) electrons. The van der Waals surface area contributed by atoms with Gasteiger partial charge in [-0.25, -0.2) is 14.8 Å². The number of aromatic carboxylic acids is 1. The van der Waals surface area contributed by atoms with E-state index in [4.69, 9.17) is 5.11 Å². The van der Waals surface area contributed by atoms with E-state index >= 15 is 0 Å². The van der Waals surface area contributed by atoms with Gasteiger partial charge in [-0.2, -0.15) is 0 Å². The summed E-state index contributed by atoms with van der Waals surface area (Å²) >= 11 is 3.34. The third-order valence-corrected chi connectivity index (χ3v) is 2.55. The molecule has 1 heterocycles. The zero-order valence-electron chi connectivity index (χ0n) is 8.09. The highest BCUT2D eigenvalue weighted by Gasteiger charge is 2.06. The molecule has 0 unspecified atom stereocenters. The van der Waals surface area contributed by atoms with Crippen molar-refractivity contribution in [3.8, 4) is 11.1 Å². The van der Waals surface area contributed by atoms with Gasteiger partial charge < -0.3 is 5.11 Å². The Labute approximate surface area is 100 Å². The highest BCUT2D eigenvalue weighted by molar-refractivity contribution is 9.10. The number of aromatic nitrogens is 2. The van der Waals surface area contributed by atoms with Crippen molar-refractivity contribution in [1.82, 2.24) is 9.97 Å². The summed E-state index contributed by atoms with van der Waals surface area (Å²) in [4.78, 5) is 18.1. The molecule has 0 aliphatic heterocycles. The molecule has 0 saturated heterocycles. The standard InChI is InChI=1S/C11H7BrN2O2/c12-9-3-1-7(2-4-9)8-5-13-10(11(15)16)14-6-8/h1-6H,(H,15,16). The molecule has 2 aromatic rings. The minimum Gasteiger partial charge on any atom is -0.475 e. The van der Waals surface area contributed by atoms with Crippen LogP contribution in [0.15, 0.2) is 41.1 Å². The van der Waals surface area contributed by atoms with Crippen LogP contribution in [0.4, 0.5) is 0 Å². The summed E-state index contributed by atoms with van der Waals surface area (Å²) in [6.45, 7) is 0. The van der Waals surface area contributed by atoms with Gasteiger partial charge in [0.05, 0.1) is 0 Å². The van der Waals surface area contributed by atoms with Crippen LogP contribution in [-0.4, -0.2) is 21.0 Å². The Bertz CT molecular complexity index is 509. The second-order valence-electron chi connectivity index (χ2n) is 3.11. The first kappa shape index (κ1) is 10.8. The lowest BCUT2D eigenvalue weighted by molar-refractivity contribution is 0.0683. The zero-order chi connectivity index (χ0) is 11.5. The number of rotatable bonds is 2. The van der Waals surface area contributed by atoms with Gasteiger partial charge in [-0.15, -0.1) is 0 Å². The van der Waals surface area contributed by atoms with Gasteiger partial charge in [0, 0.05) is 22.4 Å². The molecule has 0 atom stereocenters. The number of nitrogens with zero attached hydrogens (tertiary/aromatic N) is 2. The molecule has 0 amide bonds. The van der Waals surface area contributed by atoms with Crippen LogP contribution in [-0.2, 0) is 0 Å². The number of hydrogen-bond acceptors (Lipinski definition) is 3. The lowest BCUT2D eigenvalue weighted by atomic mass is 10.1. The van der Waals surface area contributed by atoms with Crippen molar-refractivity contribution in [2.45, 2.75) is 0 Å². The largest absolute Gasteiger partial charge is 0.475 e. The van der Waals surface area contributed by atoms with Gasteiger partial charge in [0.15, 0.2) is 0 Å². The molecule has 0 aliphatic rings. The van der Waals surface area contributed by atoms with E-state index in [2.05, 4.69) is 25.9 Å². The Morgan fingerprint density at radius 3 is 2.12 bits per heavy atom. The fourth-order valence-corrected chi connectivity index (χ4v) is 1.49. The summed E-state index contributed by atoms with van der Waals surface area (Å²) in [7, 11) is 0. The topological polar surface area (TPSA) is 63.1 Å². The van der Waals surface area contributed by atoms with Gasteiger partial charge in [0.25, 0.3) is 0 Å². The normalized spacial score (nSPS) is 10.1. The van der Waals surface area contributed by atoms with Crippen molar-refractivity contribution < 1.29 is 9.90 Å². The fourth-order valence-electron chi connectivity index (χ4n) is 1.23. The van der Waals surface area contributed by atoms with E-state index in [0.717, 1.165) is 15.6 Å². The molecule has 4 nitrogen and oxygen atoms in total. The molecule has 2 rings (SSSR count). The minimum absolute atomic E-state index is 0.194. The van der Waals surface area contributed by atoms with Crippen molar-refractivity contribution in [1.29, 1.82) is 0 Å². The average Bonchev–Trinajstić information content (AvgIpc) is 2.30. The predicted molar refractivity (Wildman–Crippen MR) is 62.1 cm³/mol. The smallest absolute Gasteiger partial charge is 0.373 e. The van der Waals surface area contributed by atoms with Crippen LogP contribution in [0.25, 0.3) is 11.1 Å². The lowest BCUT2D eigenvalue weighted by Crippen LogP contribution is -2.02. The molecule has 80 valence electrons. The van der Waals surface area contributed by atoms with Crippen LogP contribution < -0.4 is 0 Å². The molecule has 1 N–H and O–H groups in total. The molecule has 0 spiro atoms. The van der Waals surface area contributed by atoms with Crippen LogP contribution in [0.2, 0.25) is 0 Å². The van der Waals surface area contributed by atoms with Gasteiger partial charge >= 0.3 is 5.97 Å². The number of benzene rings is 1. The summed E-state index contributed by atoms with van der Waals surface area (Å²) in [5.41, 5.74) is 1.73. The van der Waals surface area contributed by atoms with Crippen LogP contribution in [0.1, 0.15) is 10.6 Å². The monoisotopic (exact) mass is 278 g/mol. The third-order valence-electron chi connectivity index (χ3n) is 2.02. The molecule has 1 aromatic carbocycles. The summed E-state index contributed by atoms with van der Waals surface area (Å²) < 4.78 is 0.985. The van der Waals surface area contributed by atoms with Crippen LogP contribution in [0.5, 0.6) is 0 Å². The molecule has 1 aromatic heterocycles. The van der Waals surface area contributed by atoms with Crippen molar-refractivity contribution in [2.75, 3.05) is 0 Å². The van der Waals surface area contributed by atoms with Crippen molar-refractivity contribution in [3.05, 3.63) is 47.0 Å². The number of carboxylic acids is 1. The summed E-state index contributed by atoms with van der Waals surface area (Å²) in [6.07, 6.45) is 3.00. The Kier molecular flexibility index (Phi) is 2.96. The first-order valence-electron chi connectivity index (χ1n) is 4.48. The molecular formula is C11H7BrN2O2. The van der Waals surface area contributed by atoms with Gasteiger partial charge in [0.2, 0.25) is 5.82 Å². The summed E-state index contributed by atoms with van der Waals surface area (Å²) in [5.74, 6) is -1.32. The highest BCUT2D eigenvalue weighted by Crippen LogP contribution is 2.20. The number of halogens is 1. The average molecular weight is 279 g/mol. The lowest BCUT2D eigenvalue weighted by Gasteiger charge is -2.00. The number of hydrogen-bond donors (Lipinski definition) is 1. The molecule has 0 fully saturated rings. The number of carbonyl (C=O) groups is 1. The second kappa shape index (κ2) is 4.40. The molecule has 16 heavy (non-hydrogen) atoms. The van der Waals surface area contributed by atoms with Crippen molar-refractivity contribution in [2.24, 2.45) is 0 Å². The van der Waals surface area contributed by atoms with E-state index in [1.807, 2.05) is 24.3 Å². The number of carboxylic acid groups (broad SMARTS) is 1. The summed E-state index contributed by atoms with van der Waals surface area (Å²) in [6, 6.07) is 7.62. The highest BCUT2D eigenvalue weighted by atomic mass is 79.9. The molecule has 0 bridgehead atoms. The maximum atomic E-state index is 10.6. The minimum atomic E-state index is -1.12. The van der Waals surface area contributed by atoms with E-state index in [1.165, 1.54) is 12.4 Å². The Morgan fingerprint density at radius 1 is 1.06 bits per heavy atom. The Hall–Kier alpha value is -1.75. The SMILES string of the molecule is O=C(O)c1ncc(-c2ccc(Br)cc2)cn1. The fraction of sp³-hybridized carbons (Fsp3) is 0. The van der Waals surface area contributed by atoms with E-state index < -0.39 is 5.97 Å². The van der Waals surface area contributed by atoms with E-state index in [0.29, 0.717) is 0 Å². The third kappa shape index (κ3) is 2.25. The van der Waals surface area contributed by atoms with Gasteiger partial charge in [-0.05, 0) is 17.7 Å². The maximum Gasteiger partial charge on any atom is 0.373 e. The molecule has 0 aliphatic carbocycles. The maximum absolute atomic E-state index is 10.6. The second-order valence-corrected chi connectivity index (χ2v) is 4.02. The van der Waals surface area contributed by atoms with Gasteiger partial charge in [-0.3, -0.25) is 0 Å². The van der Waals surface area contributed by atoms with Gasteiger partial charge in [0.1, 0.15) is 0 Å². The summed E-state index contributed by atoms with van der Waals surface area (Å²) in [5, 5.41) is 8.65. The Morgan fingerprint density at radius 2 is 1.62 bits per heavy atom. The van der Waals surface area contributed by atoms with E-state index in [9.17, 15) is 4.79 Å². The molecular weight excluding hydrogens is 272 g/mol.